The number of methoxy groups -OCH3 is 1. The van der Waals surface area contributed by atoms with Crippen LogP contribution in [0.25, 0.3) is 0 Å². The Kier molecular flexibility index (Phi) is 3.64. The lowest BCUT2D eigenvalue weighted by atomic mass is 10.3. The number of benzene rings is 1. The smallest absolute Gasteiger partial charge is 0.233 e. The minimum atomic E-state index is 0.554. The van der Waals surface area contributed by atoms with Gasteiger partial charge in [-0.25, -0.2) is 4.98 Å². The van der Waals surface area contributed by atoms with Crippen LogP contribution >= 0.6 is 15.9 Å². The topological polar surface area (TPSA) is 31.4 Å². The molecular formula is C13H12BrNO2. The molecule has 0 aliphatic carbocycles. The lowest BCUT2D eigenvalue weighted by Crippen LogP contribution is -1.91. The van der Waals surface area contributed by atoms with Gasteiger partial charge < -0.3 is 9.47 Å². The Hall–Kier alpha value is -1.55. The van der Waals surface area contributed by atoms with Gasteiger partial charge in [0.25, 0.3) is 0 Å². The van der Waals surface area contributed by atoms with Crippen LogP contribution in [-0.4, -0.2) is 12.1 Å². The highest BCUT2D eigenvalue weighted by molar-refractivity contribution is 9.10. The predicted octanol–water partition coefficient (Wildman–Crippen LogP) is 3.95. The summed E-state index contributed by atoms with van der Waals surface area (Å²) in [6.07, 6.45) is 1.72. The highest BCUT2D eigenvalue weighted by atomic mass is 79.9. The van der Waals surface area contributed by atoms with E-state index in [4.69, 9.17) is 9.47 Å². The minimum absolute atomic E-state index is 0.554. The minimum Gasteiger partial charge on any atom is -0.497 e. The zero-order valence-electron chi connectivity index (χ0n) is 9.61. The molecule has 3 nitrogen and oxygen atoms in total. The summed E-state index contributed by atoms with van der Waals surface area (Å²) >= 11 is 3.45. The van der Waals surface area contributed by atoms with Gasteiger partial charge in [-0.15, -0.1) is 0 Å². The van der Waals surface area contributed by atoms with Crippen LogP contribution in [0.1, 0.15) is 5.56 Å². The molecule has 0 radical (unpaired) electrons. The van der Waals surface area contributed by atoms with E-state index in [1.54, 1.807) is 13.3 Å². The summed E-state index contributed by atoms with van der Waals surface area (Å²) in [5.74, 6) is 2.01. The molecule has 0 spiro atoms. The first-order chi connectivity index (χ1) is 8.20. The highest BCUT2D eigenvalue weighted by Gasteiger charge is 2.06. The lowest BCUT2D eigenvalue weighted by Gasteiger charge is -2.08. The fraction of sp³-hybridized carbons (Fsp3) is 0.154. The van der Waals surface area contributed by atoms with Gasteiger partial charge in [-0.05, 0) is 46.6 Å². The number of halogens is 1. The van der Waals surface area contributed by atoms with E-state index in [-0.39, 0.29) is 0 Å². The van der Waals surface area contributed by atoms with E-state index < -0.39 is 0 Å². The largest absolute Gasteiger partial charge is 0.497 e. The molecule has 0 aliphatic heterocycles. The highest BCUT2D eigenvalue weighted by Crippen LogP contribution is 2.30. The molecule has 0 saturated carbocycles. The third-order valence-corrected chi connectivity index (χ3v) is 3.27. The molecule has 4 heteroatoms. The van der Waals surface area contributed by atoms with Crippen LogP contribution < -0.4 is 9.47 Å². The van der Waals surface area contributed by atoms with Crippen LogP contribution in [0.5, 0.6) is 17.4 Å². The second kappa shape index (κ2) is 5.19. The SMILES string of the molecule is COc1cccc(Oc2nccc(C)c2Br)c1. The van der Waals surface area contributed by atoms with E-state index in [1.807, 2.05) is 37.3 Å². The first-order valence-electron chi connectivity index (χ1n) is 5.13. The third kappa shape index (κ3) is 2.77. The maximum atomic E-state index is 5.69. The molecule has 1 heterocycles. The maximum Gasteiger partial charge on any atom is 0.233 e. The van der Waals surface area contributed by atoms with E-state index >= 15 is 0 Å². The number of hydrogen-bond acceptors (Lipinski definition) is 3. The molecule has 2 aromatic rings. The molecule has 0 aliphatic rings. The second-order valence-corrected chi connectivity index (χ2v) is 4.32. The van der Waals surface area contributed by atoms with Crippen LogP contribution in [0.2, 0.25) is 0 Å². The number of pyridine rings is 1. The Balaban J connectivity index is 2.28. The van der Waals surface area contributed by atoms with E-state index in [0.29, 0.717) is 11.6 Å². The molecule has 2 rings (SSSR count). The van der Waals surface area contributed by atoms with E-state index in [2.05, 4.69) is 20.9 Å². The van der Waals surface area contributed by atoms with Crippen LogP contribution in [-0.2, 0) is 0 Å². The van der Waals surface area contributed by atoms with Crippen molar-refractivity contribution in [3.63, 3.8) is 0 Å². The zero-order chi connectivity index (χ0) is 12.3. The third-order valence-electron chi connectivity index (χ3n) is 2.31. The average molecular weight is 294 g/mol. The fourth-order valence-electron chi connectivity index (χ4n) is 1.36. The zero-order valence-corrected chi connectivity index (χ0v) is 11.2. The van der Waals surface area contributed by atoms with Crippen LogP contribution in [0, 0.1) is 6.92 Å². The van der Waals surface area contributed by atoms with Crippen molar-refractivity contribution in [2.45, 2.75) is 6.92 Å². The number of aryl methyl sites for hydroxylation is 1. The van der Waals surface area contributed by atoms with Crippen molar-refractivity contribution in [2.75, 3.05) is 7.11 Å². The first-order valence-corrected chi connectivity index (χ1v) is 5.93. The lowest BCUT2D eigenvalue weighted by molar-refractivity contribution is 0.407. The molecule has 0 N–H and O–H groups in total. The van der Waals surface area contributed by atoms with Crippen LogP contribution in [0.15, 0.2) is 41.0 Å². The summed E-state index contributed by atoms with van der Waals surface area (Å²) in [6, 6.07) is 9.33. The molecule has 0 bridgehead atoms. The fourth-order valence-corrected chi connectivity index (χ4v) is 1.68. The Morgan fingerprint density at radius 2 is 1.94 bits per heavy atom. The van der Waals surface area contributed by atoms with Crippen molar-refractivity contribution in [3.05, 3.63) is 46.6 Å². The summed E-state index contributed by atoms with van der Waals surface area (Å²) in [4.78, 5) is 4.18. The van der Waals surface area contributed by atoms with Gasteiger partial charge in [0.05, 0.1) is 11.6 Å². The van der Waals surface area contributed by atoms with E-state index in [9.17, 15) is 0 Å². The van der Waals surface area contributed by atoms with Crippen molar-refractivity contribution in [2.24, 2.45) is 0 Å². The Labute approximate surface area is 109 Å². The molecule has 0 saturated heterocycles. The average Bonchev–Trinajstić information content (AvgIpc) is 2.35. The first kappa shape index (κ1) is 11.9. The summed E-state index contributed by atoms with van der Waals surface area (Å²) < 4.78 is 11.7. The number of aromatic nitrogens is 1. The molecule has 17 heavy (non-hydrogen) atoms. The Morgan fingerprint density at radius 1 is 1.18 bits per heavy atom. The van der Waals surface area contributed by atoms with Gasteiger partial charge in [-0.2, -0.15) is 0 Å². The van der Waals surface area contributed by atoms with Crippen LogP contribution in [0.4, 0.5) is 0 Å². The van der Waals surface area contributed by atoms with Gasteiger partial charge >= 0.3 is 0 Å². The van der Waals surface area contributed by atoms with Crippen molar-refractivity contribution >= 4 is 15.9 Å². The number of rotatable bonds is 3. The molecule has 0 fully saturated rings. The quantitative estimate of drug-likeness (QED) is 0.858. The standard InChI is InChI=1S/C13H12BrNO2/c1-9-6-7-15-13(12(9)14)17-11-5-3-4-10(8-11)16-2/h3-8H,1-2H3. The molecule has 0 atom stereocenters. The summed E-state index contributed by atoms with van der Waals surface area (Å²) in [7, 11) is 1.62. The van der Waals surface area contributed by atoms with Crippen molar-refractivity contribution in [1.29, 1.82) is 0 Å². The van der Waals surface area contributed by atoms with Gasteiger partial charge in [-0.1, -0.05) is 6.07 Å². The van der Waals surface area contributed by atoms with Crippen molar-refractivity contribution in [1.82, 2.24) is 4.98 Å². The number of nitrogens with zero attached hydrogens (tertiary/aromatic N) is 1. The normalized spacial score (nSPS) is 10.1. The van der Waals surface area contributed by atoms with Gasteiger partial charge in [0.1, 0.15) is 11.5 Å². The maximum absolute atomic E-state index is 5.69. The van der Waals surface area contributed by atoms with Gasteiger partial charge in [0, 0.05) is 12.3 Å². The van der Waals surface area contributed by atoms with E-state index in [1.165, 1.54) is 0 Å². The second-order valence-electron chi connectivity index (χ2n) is 3.53. The van der Waals surface area contributed by atoms with Gasteiger partial charge in [0.15, 0.2) is 0 Å². The molecular weight excluding hydrogens is 282 g/mol. The molecule has 0 unspecified atom stereocenters. The summed E-state index contributed by atoms with van der Waals surface area (Å²) in [5.41, 5.74) is 1.08. The number of ether oxygens (including phenoxy) is 2. The van der Waals surface area contributed by atoms with Crippen LogP contribution in [0.3, 0.4) is 0 Å². The Morgan fingerprint density at radius 3 is 2.71 bits per heavy atom. The number of hydrogen-bond donors (Lipinski definition) is 0. The molecule has 1 aromatic heterocycles. The van der Waals surface area contributed by atoms with Gasteiger partial charge in [0.2, 0.25) is 5.88 Å². The summed E-state index contributed by atoms with van der Waals surface area (Å²) in [5, 5.41) is 0. The van der Waals surface area contributed by atoms with Crippen molar-refractivity contribution in [3.8, 4) is 17.4 Å². The summed E-state index contributed by atoms with van der Waals surface area (Å²) in [6.45, 7) is 1.99. The van der Waals surface area contributed by atoms with Gasteiger partial charge in [-0.3, -0.25) is 0 Å². The Bertz CT molecular complexity index is 529. The van der Waals surface area contributed by atoms with Crippen molar-refractivity contribution < 1.29 is 9.47 Å². The molecule has 1 aromatic carbocycles. The molecule has 88 valence electrons. The monoisotopic (exact) mass is 293 g/mol. The molecule has 0 amide bonds. The van der Waals surface area contributed by atoms with E-state index in [0.717, 1.165) is 15.8 Å². The predicted molar refractivity (Wildman–Crippen MR) is 69.7 cm³/mol.